The van der Waals surface area contributed by atoms with E-state index >= 15 is 0 Å². The van der Waals surface area contributed by atoms with E-state index in [0.29, 0.717) is 30.3 Å². The number of likely N-dealkylation sites (tertiary alicyclic amines) is 1. The molecule has 0 bridgehead atoms. The highest BCUT2D eigenvalue weighted by molar-refractivity contribution is 8.02. The van der Waals surface area contributed by atoms with Crippen LogP contribution in [0.4, 0.5) is 5.69 Å². The van der Waals surface area contributed by atoms with Crippen molar-refractivity contribution in [2.75, 3.05) is 24.6 Å². The van der Waals surface area contributed by atoms with Gasteiger partial charge in [0, 0.05) is 35.1 Å². The number of amides is 3. The predicted octanol–water partition coefficient (Wildman–Crippen LogP) is 4.94. The predicted molar refractivity (Wildman–Crippen MR) is 171 cm³/mol. The Bertz CT molecular complexity index is 1470. The van der Waals surface area contributed by atoms with E-state index in [-0.39, 0.29) is 30.2 Å². The molecule has 2 aromatic rings. The molecule has 0 radical (unpaired) electrons. The lowest BCUT2D eigenvalue weighted by molar-refractivity contribution is -0.146. The fraction of sp³-hybridized carbons (Fsp3) is 0.441. The molecular formula is C34H38ClN3O4S. The lowest BCUT2D eigenvalue weighted by Gasteiger charge is -2.41. The van der Waals surface area contributed by atoms with E-state index < -0.39 is 33.4 Å². The molecule has 3 amide bonds. The number of halogens is 1. The van der Waals surface area contributed by atoms with Crippen LogP contribution < -0.4 is 4.90 Å². The maximum absolute atomic E-state index is 14.8. The molecule has 2 saturated heterocycles. The molecule has 4 aliphatic heterocycles. The van der Waals surface area contributed by atoms with Gasteiger partial charge in [0.05, 0.1) is 29.2 Å². The summed E-state index contributed by atoms with van der Waals surface area (Å²) in [5.74, 6) is -2.01. The number of anilines is 1. The van der Waals surface area contributed by atoms with Crippen LogP contribution in [0.15, 0.2) is 78.9 Å². The fourth-order valence-electron chi connectivity index (χ4n) is 7.48. The first-order valence-corrected chi connectivity index (χ1v) is 16.2. The number of nitrogens with zero attached hydrogens (tertiary/aromatic N) is 3. The lowest BCUT2D eigenvalue weighted by atomic mass is 9.74. The molecular weight excluding hydrogens is 582 g/mol. The van der Waals surface area contributed by atoms with Crippen LogP contribution >= 0.6 is 23.4 Å². The smallest absolute Gasteiger partial charge is 0.251 e. The monoisotopic (exact) mass is 619 g/mol. The number of rotatable bonds is 7. The van der Waals surface area contributed by atoms with Crippen molar-refractivity contribution in [2.45, 2.75) is 55.3 Å². The molecule has 226 valence electrons. The Hall–Kier alpha value is -3.07. The van der Waals surface area contributed by atoms with Gasteiger partial charge in [-0.2, -0.15) is 0 Å². The van der Waals surface area contributed by atoms with E-state index in [4.69, 9.17) is 11.6 Å². The van der Waals surface area contributed by atoms with Crippen molar-refractivity contribution in [1.29, 1.82) is 0 Å². The molecule has 0 aliphatic carbocycles. The summed E-state index contributed by atoms with van der Waals surface area (Å²) >= 11 is 7.73. The molecule has 4 aliphatic rings. The van der Waals surface area contributed by atoms with Crippen LogP contribution in [0.3, 0.4) is 0 Å². The van der Waals surface area contributed by atoms with Gasteiger partial charge in [0.15, 0.2) is 0 Å². The van der Waals surface area contributed by atoms with Crippen molar-refractivity contribution in [2.24, 2.45) is 17.8 Å². The maximum Gasteiger partial charge on any atom is 0.251 e. The van der Waals surface area contributed by atoms with Gasteiger partial charge in [-0.05, 0) is 42.7 Å². The topological polar surface area (TPSA) is 81.2 Å². The van der Waals surface area contributed by atoms with Crippen LogP contribution in [0.2, 0.25) is 5.02 Å². The molecule has 0 saturated carbocycles. The van der Waals surface area contributed by atoms with E-state index in [1.54, 1.807) is 33.7 Å². The quantitative estimate of drug-likeness (QED) is 0.444. The van der Waals surface area contributed by atoms with Gasteiger partial charge in [-0.15, -0.1) is 11.8 Å². The van der Waals surface area contributed by atoms with Gasteiger partial charge < -0.3 is 19.8 Å². The van der Waals surface area contributed by atoms with Crippen LogP contribution in [-0.2, 0) is 20.9 Å². The molecule has 1 unspecified atom stereocenters. The van der Waals surface area contributed by atoms with Crippen molar-refractivity contribution in [3.63, 3.8) is 0 Å². The zero-order chi connectivity index (χ0) is 30.5. The number of aliphatic hydroxyl groups is 1. The molecule has 6 rings (SSSR count). The summed E-state index contributed by atoms with van der Waals surface area (Å²) in [7, 11) is 0. The standard InChI is InChI=1S/C34H38ClN3O4S/c1-4-22(2)26(21-39)38-29-32(42)37(25-14-12-24(35)13-15-25)19-9-17-34(29)28(31(38)41)27-30(40)36(18-8-16-33(27,3)43-34)20-23-10-6-5-7-11-23/h5-17,22,26-29,39H,4,18-21H2,1-3H3/t22-,26-,27-,28-,29?,33+,34-/m0/s1. The molecule has 7 atom stereocenters. The molecule has 1 N–H and O–H groups in total. The summed E-state index contributed by atoms with van der Waals surface area (Å²) in [5, 5.41) is 11.2. The molecule has 2 aromatic carbocycles. The van der Waals surface area contributed by atoms with Gasteiger partial charge in [-0.1, -0.05) is 86.5 Å². The number of carbonyl (C=O) groups is 3. The van der Waals surface area contributed by atoms with E-state index in [0.717, 1.165) is 12.0 Å². The number of benzene rings is 2. The van der Waals surface area contributed by atoms with Crippen LogP contribution in [0.1, 0.15) is 32.8 Å². The summed E-state index contributed by atoms with van der Waals surface area (Å²) < 4.78 is -1.68. The van der Waals surface area contributed by atoms with Crippen molar-refractivity contribution in [1.82, 2.24) is 9.80 Å². The first-order chi connectivity index (χ1) is 20.6. The third-order valence-electron chi connectivity index (χ3n) is 9.78. The third-order valence-corrected chi connectivity index (χ3v) is 11.8. The van der Waals surface area contributed by atoms with Gasteiger partial charge in [-0.25, -0.2) is 0 Å². The Morgan fingerprint density at radius 3 is 2.33 bits per heavy atom. The Balaban J connectivity index is 1.47. The second kappa shape index (κ2) is 11.5. The van der Waals surface area contributed by atoms with Gasteiger partial charge in [0.1, 0.15) is 6.04 Å². The zero-order valence-electron chi connectivity index (χ0n) is 24.7. The Morgan fingerprint density at radius 1 is 0.953 bits per heavy atom. The number of hydrogen-bond acceptors (Lipinski definition) is 5. The number of aliphatic hydroxyl groups excluding tert-OH is 1. The highest BCUT2D eigenvalue weighted by Crippen LogP contribution is 2.66. The summed E-state index contributed by atoms with van der Waals surface area (Å²) in [6.07, 6.45) is 8.81. The largest absolute Gasteiger partial charge is 0.394 e. The molecule has 4 heterocycles. The highest BCUT2D eigenvalue weighted by atomic mass is 35.5. The summed E-state index contributed by atoms with van der Waals surface area (Å²) in [5.41, 5.74) is 1.70. The van der Waals surface area contributed by atoms with Crippen LogP contribution in [0.25, 0.3) is 0 Å². The van der Waals surface area contributed by atoms with Crippen LogP contribution in [0.5, 0.6) is 0 Å². The molecule has 43 heavy (non-hydrogen) atoms. The normalized spacial score (nSPS) is 31.4. The Morgan fingerprint density at radius 2 is 1.65 bits per heavy atom. The minimum Gasteiger partial charge on any atom is -0.394 e. The zero-order valence-corrected chi connectivity index (χ0v) is 26.3. The van der Waals surface area contributed by atoms with Gasteiger partial charge in [0.2, 0.25) is 11.8 Å². The van der Waals surface area contributed by atoms with Gasteiger partial charge >= 0.3 is 0 Å². The van der Waals surface area contributed by atoms with E-state index in [1.807, 2.05) is 86.4 Å². The fourth-order valence-corrected chi connectivity index (χ4v) is 9.75. The van der Waals surface area contributed by atoms with E-state index in [2.05, 4.69) is 6.08 Å². The minimum atomic E-state index is -0.981. The molecule has 9 heteroatoms. The van der Waals surface area contributed by atoms with Crippen molar-refractivity contribution < 1.29 is 19.5 Å². The second-order valence-corrected chi connectivity index (χ2v) is 14.5. The molecule has 2 fully saturated rings. The maximum atomic E-state index is 14.8. The number of thioether (sulfide) groups is 1. The van der Waals surface area contributed by atoms with Crippen LogP contribution in [-0.4, -0.2) is 73.9 Å². The summed E-state index contributed by atoms with van der Waals surface area (Å²) in [6.45, 7) is 7.00. The van der Waals surface area contributed by atoms with Crippen molar-refractivity contribution >= 4 is 46.8 Å². The Labute approximate surface area is 262 Å². The van der Waals surface area contributed by atoms with E-state index in [9.17, 15) is 19.5 Å². The second-order valence-electron chi connectivity index (χ2n) is 12.3. The first kappa shape index (κ1) is 30.0. The van der Waals surface area contributed by atoms with Crippen molar-refractivity contribution in [3.8, 4) is 0 Å². The molecule has 0 aromatic heterocycles. The highest BCUT2D eigenvalue weighted by Gasteiger charge is 2.74. The molecule has 1 spiro atoms. The van der Waals surface area contributed by atoms with E-state index in [1.165, 1.54) is 0 Å². The Kier molecular flexibility index (Phi) is 7.98. The molecule has 7 nitrogen and oxygen atoms in total. The number of fused-ring (bicyclic) bond motifs is 2. The SMILES string of the molecule is CC[C@H](C)[C@H](CO)N1C(=O)[C@@H]2[C@H]3C(=O)N(Cc4ccccc4)CC=C[C@@]3(C)S[C@@]23C=CCN(c2ccc(Cl)cc2)C(=O)C13. The van der Waals surface area contributed by atoms with Gasteiger partial charge in [-0.3, -0.25) is 14.4 Å². The first-order valence-electron chi connectivity index (χ1n) is 15.0. The number of carbonyl (C=O) groups excluding carboxylic acids is 3. The van der Waals surface area contributed by atoms with Crippen LogP contribution in [0, 0.1) is 17.8 Å². The minimum absolute atomic E-state index is 0.0514. The third kappa shape index (κ3) is 4.82. The van der Waals surface area contributed by atoms with Gasteiger partial charge in [0.25, 0.3) is 5.91 Å². The average Bonchev–Trinajstić information content (AvgIpc) is 3.27. The number of hydrogen-bond donors (Lipinski definition) is 1. The summed E-state index contributed by atoms with van der Waals surface area (Å²) in [6, 6.07) is 15.5. The average molecular weight is 620 g/mol. The summed E-state index contributed by atoms with van der Waals surface area (Å²) in [4.78, 5) is 49.3. The van der Waals surface area contributed by atoms with Crippen molar-refractivity contribution in [3.05, 3.63) is 89.5 Å². The lowest BCUT2D eigenvalue weighted by Crippen LogP contribution is -2.58.